The molecule has 0 bridgehead atoms. The first-order chi connectivity index (χ1) is 13.3. The third kappa shape index (κ3) is 5.02. The maximum Gasteiger partial charge on any atom is 0.273 e. The molecule has 29 heavy (non-hydrogen) atoms. The Morgan fingerprint density at radius 1 is 1.24 bits per heavy atom. The highest BCUT2D eigenvalue weighted by Crippen LogP contribution is 2.32. The molecule has 0 N–H and O–H groups in total. The van der Waals surface area contributed by atoms with Crippen LogP contribution in [0.25, 0.3) is 10.2 Å². The standard InChI is InChI=1S/C19H19ClN4O3S.ClH/c1-12-14(5-4-6-16(12)24(26)27)18(25)23(10-9-22(2)3)19-21-15-8-7-13(20)11-17(15)28-19;/h4-8,11H,9-10H2,1-3H3;1H. The SMILES string of the molecule is Cc1c(C(=O)N(CCN(C)C)c2nc3ccc(Cl)cc3s2)cccc1[N+](=O)[O-].Cl. The minimum atomic E-state index is -0.476. The molecule has 0 fully saturated rings. The molecule has 0 atom stereocenters. The first kappa shape index (κ1) is 23.0. The number of likely N-dealkylation sites (N-methyl/N-ethyl adjacent to an activating group) is 1. The number of carbonyl (C=O) groups is 1. The molecule has 3 aromatic rings. The molecule has 0 aliphatic heterocycles. The van der Waals surface area contributed by atoms with Crippen molar-refractivity contribution >= 4 is 62.3 Å². The normalized spacial score (nSPS) is 10.8. The summed E-state index contributed by atoms with van der Waals surface area (Å²) in [4.78, 5) is 32.2. The summed E-state index contributed by atoms with van der Waals surface area (Å²) in [5.74, 6) is -0.312. The number of anilines is 1. The topological polar surface area (TPSA) is 79.6 Å². The first-order valence-corrected chi connectivity index (χ1v) is 9.74. The summed E-state index contributed by atoms with van der Waals surface area (Å²) in [5, 5.41) is 12.4. The third-order valence-electron chi connectivity index (χ3n) is 4.32. The minimum absolute atomic E-state index is 0. The van der Waals surface area contributed by atoms with Gasteiger partial charge in [-0.25, -0.2) is 4.98 Å². The van der Waals surface area contributed by atoms with Gasteiger partial charge in [0.05, 0.1) is 15.1 Å². The first-order valence-electron chi connectivity index (χ1n) is 8.54. The monoisotopic (exact) mass is 454 g/mol. The van der Waals surface area contributed by atoms with Crippen molar-refractivity contribution in [3.8, 4) is 0 Å². The number of nitrogens with zero attached hydrogens (tertiary/aromatic N) is 4. The predicted molar refractivity (Wildman–Crippen MR) is 120 cm³/mol. The molecule has 0 radical (unpaired) electrons. The fourth-order valence-corrected chi connectivity index (χ4v) is 4.05. The average Bonchev–Trinajstić information content (AvgIpc) is 3.04. The average molecular weight is 455 g/mol. The maximum atomic E-state index is 13.3. The Balaban J connectivity index is 0.00000300. The minimum Gasteiger partial charge on any atom is -0.308 e. The summed E-state index contributed by atoms with van der Waals surface area (Å²) in [6, 6.07) is 9.91. The summed E-state index contributed by atoms with van der Waals surface area (Å²) in [6.07, 6.45) is 0. The van der Waals surface area contributed by atoms with E-state index in [-0.39, 0.29) is 24.0 Å². The van der Waals surface area contributed by atoms with Crippen LogP contribution in [0.5, 0.6) is 0 Å². The zero-order valence-corrected chi connectivity index (χ0v) is 18.5. The van der Waals surface area contributed by atoms with Crippen molar-refractivity contribution in [1.29, 1.82) is 0 Å². The van der Waals surface area contributed by atoms with Crippen molar-refractivity contribution in [3.63, 3.8) is 0 Å². The summed E-state index contributed by atoms with van der Waals surface area (Å²) < 4.78 is 0.876. The molecule has 1 heterocycles. The van der Waals surface area contributed by atoms with Gasteiger partial charge in [-0.15, -0.1) is 12.4 Å². The number of fused-ring (bicyclic) bond motifs is 1. The van der Waals surface area contributed by atoms with Gasteiger partial charge in [0, 0.05) is 35.3 Å². The van der Waals surface area contributed by atoms with Gasteiger partial charge in [0.15, 0.2) is 5.13 Å². The van der Waals surface area contributed by atoms with Crippen LogP contribution in [0.2, 0.25) is 5.02 Å². The number of halogens is 2. The second-order valence-corrected chi connectivity index (χ2v) is 8.02. The largest absolute Gasteiger partial charge is 0.308 e. The van der Waals surface area contributed by atoms with Crippen LogP contribution in [0, 0.1) is 17.0 Å². The van der Waals surface area contributed by atoms with E-state index in [1.807, 2.05) is 31.1 Å². The van der Waals surface area contributed by atoms with Crippen LogP contribution < -0.4 is 4.90 Å². The number of rotatable bonds is 6. The smallest absolute Gasteiger partial charge is 0.273 e. The quantitative estimate of drug-likeness (QED) is 0.394. The van der Waals surface area contributed by atoms with E-state index in [9.17, 15) is 14.9 Å². The Labute approximate surface area is 183 Å². The Hall–Kier alpha value is -2.26. The van der Waals surface area contributed by atoms with Gasteiger partial charge in [0.1, 0.15) is 0 Å². The van der Waals surface area contributed by atoms with E-state index in [4.69, 9.17) is 11.6 Å². The van der Waals surface area contributed by atoms with Gasteiger partial charge in [-0.05, 0) is 45.3 Å². The van der Waals surface area contributed by atoms with Gasteiger partial charge in [0.25, 0.3) is 11.6 Å². The van der Waals surface area contributed by atoms with Gasteiger partial charge in [-0.3, -0.25) is 19.8 Å². The van der Waals surface area contributed by atoms with Crippen molar-refractivity contribution < 1.29 is 9.72 Å². The molecule has 154 valence electrons. The molecule has 0 aliphatic carbocycles. The van der Waals surface area contributed by atoms with Crippen molar-refractivity contribution in [3.05, 3.63) is 62.7 Å². The van der Waals surface area contributed by atoms with E-state index in [1.54, 1.807) is 24.0 Å². The summed E-state index contributed by atoms with van der Waals surface area (Å²) >= 11 is 7.43. The lowest BCUT2D eigenvalue weighted by atomic mass is 10.1. The van der Waals surface area contributed by atoms with Crippen LogP contribution in [0.3, 0.4) is 0 Å². The lowest BCUT2D eigenvalue weighted by molar-refractivity contribution is -0.385. The van der Waals surface area contributed by atoms with E-state index in [1.165, 1.54) is 23.5 Å². The van der Waals surface area contributed by atoms with Gasteiger partial charge in [0.2, 0.25) is 0 Å². The molecular weight excluding hydrogens is 435 g/mol. The van der Waals surface area contributed by atoms with Crippen molar-refractivity contribution in [2.45, 2.75) is 6.92 Å². The van der Waals surface area contributed by atoms with Crippen LogP contribution in [-0.4, -0.2) is 47.9 Å². The summed E-state index contributed by atoms with van der Waals surface area (Å²) in [7, 11) is 3.83. The maximum absolute atomic E-state index is 13.3. The Morgan fingerprint density at radius 3 is 2.62 bits per heavy atom. The van der Waals surface area contributed by atoms with E-state index in [0.29, 0.717) is 34.4 Å². The lowest BCUT2D eigenvalue weighted by Gasteiger charge is -2.22. The molecule has 7 nitrogen and oxygen atoms in total. The van der Waals surface area contributed by atoms with Crippen molar-refractivity contribution in [1.82, 2.24) is 9.88 Å². The Bertz CT molecular complexity index is 1060. The number of benzene rings is 2. The van der Waals surface area contributed by atoms with Gasteiger partial charge in [-0.1, -0.05) is 29.0 Å². The van der Waals surface area contributed by atoms with Crippen molar-refractivity contribution in [2.24, 2.45) is 0 Å². The van der Waals surface area contributed by atoms with Gasteiger partial charge in [-0.2, -0.15) is 0 Å². The molecule has 3 rings (SSSR count). The molecule has 2 aromatic carbocycles. The zero-order valence-electron chi connectivity index (χ0n) is 16.1. The Kier molecular flexibility index (Phi) is 7.54. The molecule has 0 aliphatic rings. The molecule has 1 aromatic heterocycles. The van der Waals surface area contributed by atoms with Crippen LogP contribution in [0.4, 0.5) is 10.8 Å². The number of nitro benzene ring substituents is 1. The lowest BCUT2D eigenvalue weighted by Crippen LogP contribution is -2.37. The fraction of sp³-hybridized carbons (Fsp3) is 0.263. The van der Waals surface area contributed by atoms with Crippen LogP contribution in [0.15, 0.2) is 36.4 Å². The van der Waals surface area contributed by atoms with Crippen molar-refractivity contribution in [2.75, 3.05) is 32.1 Å². The molecule has 0 saturated carbocycles. The number of hydrogen-bond donors (Lipinski definition) is 0. The highest BCUT2D eigenvalue weighted by Gasteiger charge is 2.25. The second kappa shape index (κ2) is 9.49. The van der Waals surface area contributed by atoms with E-state index >= 15 is 0 Å². The summed E-state index contributed by atoms with van der Waals surface area (Å²) in [5.41, 5.74) is 1.32. The Morgan fingerprint density at radius 2 is 1.97 bits per heavy atom. The highest BCUT2D eigenvalue weighted by atomic mass is 35.5. The number of hydrogen-bond acceptors (Lipinski definition) is 6. The number of thiazole rings is 1. The molecule has 0 unspecified atom stereocenters. The number of carbonyl (C=O) groups excluding carboxylic acids is 1. The molecule has 10 heteroatoms. The second-order valence-electron chi connectivity index (χ2n) is 6.58. The fourth-order valence-electron chi connectivity index (χ4n) is 2.78. The van der Waals surface area contributed by atoms with Crippen LogP contribution >= 0.6 is 35.3 Å². The molecular formula is C19H20Cl2N4O3S. The zero-order chi connectivity index (χ0) is 20.4. The number of nitro groups is 1. The third-order valence-corrected chi connectivity index (χ3v) is 5.59. The summed E-state index contributed by atoms with van der Waals surface area (Å²) in [6.45, 7) is 2.62. The van der Waals surface area contributed by atoms with E-state index in [0.717, 1.165) is 10.2 Å². The molecule has 1 amide bonds. The van der Waals surface area contributed by atoms with E-state index < -0.39 is 4.92 Å². The van der Waals surface area contributed by atoms with Crippen LogP contribution in [-0.2, 0) is 0 Å². The van der Waals surface area contributed by atoms with Gasteiger partial charge >= 0.3 is 0 Å². The van der Waals surface area contributed by atoms with Crippen LogP contribution in [0.1, 0.15) is 15.9 Å². The number of amides is 1. The van der Waals surface area contributed by atoms with Gasteiger partial charge < -0.3 is 4.90 Å². The number of aromatic nitrogens is 1. The van der Waals surface area contributed by atoms with E-state index in [2.05, 4.69) is 4.98 Å². The molecule has 0 spiro atoms. The molecule has 0 saturated heterocycles. The predicted octanol–water partition coefficient (Wildman–Crippen LogP) is 4.80. The highest BCUT2D eigenvalue weighted by molar-refractivity contribution is 7.22.